The van der Waals surface area contributed by atoms with Crippen LogP contribution in [0.4, 0.5) is 0 Å². The highest BCUT2D eigenvalue weighted by atomic mass is 35.5. The Morgan fingerprint density at radius 2 is 0.812 bits per heavy atom. The van der Waals surface area contributed by atoms with E-state index in [1.165, 1.54) is 147 Å². The standard InChI is InChI=1S/C30H55N.ClH/c1-3-31(4-2)29-25-20-18-16-14-12-10-8-6-5-7-9-11-13-15-17-19-22-26-30-27-23-21-24-28-30;/h21,23-24,27-28H,3-20,22,25-26,29H2,1-2H3;1H. The second-order valence-corrected chi connectivity index (χ2v) is 9.81. The third-order valence-electron chi connectivity index (χ3n) is 7.09. The zero-order valence-corrected chi connectivity index (χ0v) is 22.6. The number of rotatable bonds is 23. The zero-order chi connectivity index (χ0) is 22.2. The highest BCUT2D eigenvalue weighted by molar-refractivity contribution is 5.14. The molecule has 1 rings (SSSR count). The summed E-state index contributed by atoms with van der Waals surface area (Å²) >= 11 is 0. The fourth-order valence-electron chi connectivity index (χ4n) is 4.78. The number of hydrogen-bond donors (Lipinski definition) is 1. The molecule has 0 saturated carbocycles. The van der Waals surface area contributed by atoms with E-state index in [9.17, 15) is 0 Å². The predicted octanol–water partition coefficient (Wildman–Crippen LogP) is 5.18. The second kappa shape index (κ2) is 25.1. The van der Waals surface area contributed by atoms with Crippen LogP contribution in [0.5, 0.6) is 0 Å². The molecule has 1 aromatic rings. The number of aryl methyl sites for hydroxylation is 1. The van der Waals surface area contributed by atoms with Crippen LogP contribution in [-0.2, 0) is 6.42 Å². The molecule has 1 nitrogen and oxygen atoms in total. The summed E-state index contributed by atoms with van der Waals surface area (Å²) in [7, 11) is 0. The van der Waals surface area contributed by atoms with Gasteiger partial charge in [-0.1, -0.05) is 127 Å². The summed E-state index contributed by atoms with van der Waals surface area (Å²) in [4.78, 5) is 1.77. The van der Waals surface area contributed by atoms with Crippen LogP contribution in [-0.4, -0.2) is 19.6 Å². The Kier molecular flexibility index (Phi) is 24.7. The lowest BCUT2D eigenvalue weighted by Gasteiger charge is -2.14. The summed E-state index contributed by atoms with van der Waals surface area (Å²) in [5.74, 6) is 0. The van der Waals surface area contributed by atoms with Gasteiger partial charge in [-0.3, -0.25) is 0 Å². The number of nitrogens with one attached hydrogen (secondary N) is 1. The van der Waals surface area contributed by atoms with Crippen molar-refractivity contribution >= 4 is 0 Å². The molecule has 188 valence electrons. The van der Waals surface area contributed by atoms with Crippen molar-refractivity contribution in [3.05, 3.63) is 35.9 Å². The fourth-order valence-corrected chi connectivity index (χ4v) is 4.78. The van der Waals surface area contributed by atoms with Gasteiger partial charge in [0.05, 0.1) is 19.6 Å². The molecule has 1 N–H and O–H groups in total. The van der Waals surface area contributed by atoms with E-state index in [-0.39, 0.29) is 12.4 Å². The van der Waals surface area contributed by atoms with Crippen LogP contribution in [0.2, 0.25) is 0 Å². The van der Waals surface area contributed by atoms with Gasteiger partial charge >= 0.3 is 0 Å². The van der Waals surface area contributed by atoms with Crippen molar-refractivity contribution in [1.29, 1.82) is 0 Å². The van der Waals surface area contributed by atoms with E-state index in [1.807, 2.05) is 0 Å². The van der Waals surface area contributed by atoms with Gasteiger partial charge in [-0.2, -0.15) is 0 Å². The Morgan fingerprint density at radius 1 is 0.469 bits per heavy atom. The van der Waals surface area contributed by atoms with Crippen LogP contribution in [0.15, 0.2) is 30.3 Å². The van der Waals surface area contributed by atoms with E-state index in [0.717, 1.165) is 0 Å². The van der Waals surface area contributed by atoms with Crippen molar-refractivity contribution < 1.29 is 17.3 Å². The minimum absolute atomic E-state index is 0. The molecule has 0 unspecified atom stereocenters. The maximum absolute atomic E-state index is 2.31. The third kappa shape index (κ3) is 20.1. The molecule has 0 amide bonds. The largest absolute Gasteiger partial charge is 1.00 e. The molecule has 0 aliphatic heterocycles. The Labute approximate surface area is 208 Å². The predicted molar refractivity (Wildman–Crippen MR) is 140 cm³/mol. The average Bonchev–Trinajstić information content (AvgIpc) is 2.81. The maximum atomic E-state index is 2.31. The average molecular weight is 466 g/mol. The molecule has 2 heteroatoms. The molecule has 0 aromatic heterocycles. The first-order valence-electron chi connectivity index (χ1n) is 14.2. The maximum Gasteiger partial charge on any atom is 0.0770 e. The summed E-state index contributed by atoms with van der Waals surface area (Å²) < 4.78 is 0. The van der Waals surface area contributed by atoms with Crippen molar-refractivity contribution in [2.45, 2.75) is 136 Å². The van der Waals surface area contributed by atoms with Gasteiger partial charge in [-0.15, -0.1) is 0 Å². The molecule has 0 bridgehead atoms. The van der Waals surface area contributed by atoms with Gasteiger partial charge in [0, 0.05) is 0 Å². The first-order valence-corrected chi connectivity index (χ1v) is 14.2. The molecule has 0 aliphatic carbocycles. The number of unbranched alkanes of at least 4 members (excludes halogenated alkanes) is 17. The fraction of sp³-hybridized carbons (Fsp3) is 0.800. The van der Waals surface area contributed by atoms with Crippen LogP contribution in [0, 0.1) is 0 Å². The first-order chi connectivity index (χ1) is 15.4. The van der Waals surface area contributed by atoms with Gasteiger partial charge in [0.25, 0.3) is 0 Å². The monoisotopic (exact) mass is 465 g/mol. The minimum Gasteiger partial charge on any atom is -1.00 e. The molecular weight excluding hydrogens is 410 g/mol. The molecule has 32 heavy (non-hydrogen) atoms. The lowest BCUT2D eigenvalue weighted by molar-refractivity contribution is -0.896. The molecular formula is C30H56ClN. The summed E-state index contributed by atoms with van der Waals surface area (Å²) in [5, 5.41) is 0. The van der Waals surface area contributed by atoms with Gasteiger partial charge in [0.1, 0.15) is 0 Å². The van der Waals surface area contributed by atoms with Crippen molar-refractivity contribution in [2.75, 3.05) is 19.6 Å². The van der Waals surface area contributed by atoms with E-state index in [0.29, 0.717) is 0 Å². The Morgan fingerprint density at radius 3 is 1.19 bits per heavy atom. The third-order valence-corrected chi connectivity index (χ3v) is 7.09. The van der Waals surface area contributed by atoms with Crippen molar-refractivity contribution in [1.82, 2.24) is 0 Å². The Balaban J connectivity index is 0.00000961. The number of quaternary nitrogens is 1. The van der Waals surface area contributed by atoms with Crippen LogP contribution in [0.25, 0.3) is 0 Å². The molecule has 0 heterocycles. The van der Waals surface area contributed by atoms with Gasteiger partial charge in [0.2, 0.25) is 0 Å². The van der Waals surface area contributed by atoms with E-state index < -0.39 is 0 Å². The molecule has 0 aliphatic rings. The molecule has 1 aromatic carbocycles. The minimum atomic E-state index is 0. The second-order valence-electron chi connectivity index (χ2n) is 9.81. The summed E-state index contributed by atoms with van der Waals surface area (Å²) in [6.45, 7) is 8.62. The lowest BCUT2D eigenvalue weighted by atomic mass is 10.0. The van der Waals surface area contributed by atoms with Crippen LogP contribution in [0.3, 0.4) is 0 Å². The van der Waals surface area contributed by atoms with Gasteiger partial charge in [-0.25, -0.2) is 0 Å². The number of halogens is 1. The zero-order valence-electron chi connectivity index (χ0n) is 21.8. The molecule has 0 spiro atoms. The van der Waals surface area contributed by atoms with Gasteiger partial charge < -0.3 is 17.3 Å². The van der Waals surface area contributed by atoms with Crippen LogP contribution >= 0.6 is 0 Å². The Hall–Kier alpha value is -0.530. The van der Waals surface area contributed by atoms with E-state index in [1.54, 1.807) is 4.90 Å². The summed E-state index contributed by atoms with van der Waals surface area (Å²) in [5.41, 5.74) is 1.50. The normalized spacial score (nSPS) is 11.1. The number of hydrogen-bond acceptors (Lipinski definition) is 0. The Bertz CT molecular complexity index is 457. The van der Waals surface area contributed by atoms with Crippen LogP contribution in [0.1, 0.15) is 135 Å². The lowest BCUT2D eigenvalue weighted by Crippen LogP contribution is -3.11. The summed E-state index contributed by atoms with van der Waals surface area (Å²) in [6, 6.07) is 11.0. The number of benzene rings is 1. The van der Waals surface area contributed by atoms with Gasteiger partial charge in [0.15, 0.2) is 0 Å². The highest BCUT2D eigenvalue weighted by Gasteiger charge is 2.01. The first kappa shape index (κ1) is 31.5. The SMILES string of the molecule is CC[NH+](CC)CCCCCCCCCCCCCCCCCCCCc1ccccc1.[Cl-]. The van der Waals surface area contributed by atoms with E-state index >= 15 is 0 Å². The van der Waals surface area contributed by atoms with Crippen molar-refractivity contribution in [3.63, 3.8) is 0 Å². The van der Waals surface area contributed by atoms with Crippen molar-refractivity contribution in [3.8, 4) is 0 Å². The molecule has 0 fully saturated rings. The molecule has 0 atom stereocenters. The quantitative estimate of drug-likeness (QED) is 0.212. The molecule has 0 radical (unpaired) electrons. The van der Waals surface area contributed by atoms with Gasteiger partial charge in [-0.05, 0) is 45.1 Å². The topological polar surface area (TPSA) is 4.44 Å². The summed E-state index contributed by atoms with van der Waals surface area (Å²) in [6.07, 6.45) is 27.5. The van der Waals surface area contributed by atoms with Crippen LogP contribution < -0.4 is 17.3 Å². The van der Waals surface area contributed by atoms with Crippen molar-refractivity contribution in [2.24, 2.45) is 0 Å². The molecule has 0 saturated heterocycles. The smallest absolute Gasteiger partial charge is 0.0770 e. The van der Waals surface area contributed by atoms with E-state index in [2.05, 4.69) is 44.2 Å². The van der Waals surface area contributed by atoms with E-state index in [4.69, 9.17) is 0 Å². The highest BCUT2D eigenvalue weighted by Crippen LogP contribution is 2.15.